The van der Waals surface area contributed by atoms with Crippen LogP contribution in [0.25, 0.3) is 0 Å². The van der Waals surface area contributed by atoms with Crippen molar-refractivity contribution in [3.8, 4) is 0 Å². The molecule has 33 heavy (non-hydrogen) atoms. The second kappa shape index (κ2) is 34.1. The Morgan fingerprint density at radius 2 is 0.879 bits per heavy atom. The number of aliphatic hydroxyl groups is 1. The summed E-state index contributed by atoms with van der Waals surface area (Å²) in [6.07, 6.45) is 36.7. The Morgan fingerprint density at radius 3 is 1.21 bits per heavy atom. The topological polar surface area (TPSA) is 20.2 Å². The number of hydrogen-bond donors (Lipinski definition) is 1. The molecule has 0 bridgehead atoms. The minimum absolute atomic E-state index is 0.148. The molecule has 197 valence electrons. The van der Waals surface area contributed by atoms with Gasteiger partial charge in [0.15, 0.2) is 5.05 Å². The summed E-state index contributed by atoms with van der Waals surface area (Å²) < 4.78 is 0. The van der Waals surface area contributed by atoms with Crippen molar-refractivity contribution in [3.63, 3.8) is 0 Å². The van der Waals surface area contributed by atoms with Crippen LogP contribution in [0.5, 0.6) is 0 Å². The first kappa shape index (κ1) is 35.1. The summed E-state index contributed by atoms with van der Waals surface area (Å²) in [4.78, 5) is 0. The van der Waals surface area contributed by atoms with Gasteiger partial charge in [-0.15, -0.1) is 0 Å². The zero-order valence-electron chi connectivity index (χ0n) is 22.9. The van der Waals surface area contributed by atoms with Gasteiger partial charge in [-0.3, -0.25) is 0 Å². The number of hydrogen-bond acceptors (Lipinski definition) is 1. The van der Waals surface area contributed by atoms with E-state index in [4.69, 9.17) is 12.0 Å². The summed E-state index contributed by atoms with van der Waals surface area (Å²) in [5.74, 6) is 0. The molecule has 0 aromatic rings. The molecule has 0 saturated carbocycles. The van der Waals surface area contributed by atoms with Crippen LogP contribution in [0.4, 0.5) is 0 Å². The summed E-state index contributed by atoms with van der Waals surface area (Å²) in [5, 5.41) is 9.00. The van der Waals surface area contributed by atoms with E-state index in [-0.39, 0.29) is 5.05 Å². The van der Waals surface area contributed by atoms with Crippen LogP contribution in [0.2, 0.25) is 0 Å². The molecule has 0 unspecified atom stereocenters. The Hall–Kier alpha value is -0.110. The molecular formula is C31H61OS. The molecule has 0 aliphatic rings. The van der Waals surface area contributed by atoms with E-state index in [1.807, 2.05) is 0 Å². The summed E-state index contributed by atoms with van der Waals surface area (Å²) in [6, 6.07) is 0. The molecule has 0 aliphatic heterocycles. The maximum Gasteiger partial charge on any atom is 0.156 e. The second-order valence-electron chi connectivity index (χ2n) is 9.87. The van der Waals surface area contributed by atoms with Crippen LogP contribution in [-0.4, -0.2) is 10.2 Å². The van der Waals surface area contributed by atoms with E-state index in [0.717, 1.165) is 12.8 Å². The van der Waals surface area contributed by atoms with E-state index in [9.17, 15) is 0 Å². The van der Waals surface area contributed by atoms with Crippen LogP contribution < -0.4 is 0 Å². The molecule has 0 saturated heterocycles. The molecule has 0 aromatic heterocycles. The predicted molar refractivity (Wildman–Crippen MR) is 155 cm³/mol. The Kier molecular flexibility index (Phi) is 36.2. The van der Waals surface area contributed by atoms with Crippen LogP contribution in [-0.2, 0) is 0 Å². The summed E-state index contributed by atoms with van der Waals surface area (Å²) in [5.41, 5.74) is 0. The third kappa shape index (κ3) is 39.4. The molecule has 1 N–H and O–H groups in total. The lowest BCUT2D eigenvalue weighted by Crippen LogP contribution is -1.91. The molecule has 0 atom stereocenters. The Labute approximate surface area is 216 Å². The first-order chi connectivity index (χ1) is 16.2. The fourth-order valence-electron chi connectivity index (χ4n) is 4.13. The molecule has 0 heterocycles. The van der Waals surface area contributed by atoms with Crippen molar-refractivity contribution in [2.75, 3.05) is 0 Å². The standard InChI is InChI=1S/C17H33OS.C14H28/c1-2-3-4-5-6-7-8-9-10-11-12-13-14-15-16-17(18)19;1-3-5-7-9-11-13-14-12-10-8-6-4-2/h14H,2-13,15-16H2,1H3,(H,18,19);1H,3-14H2,2H3. The lowest BCUT2D eigenvalue weighted by molar-refractivity contribution is 0.540. The molecule has 0 amide bonds. The average molecular weight is 482 g/mol. The van der Waals surface area contributed by atoms with Crippen molar-refractivity contribution < 1.29 is 5.11 Å². The molecular weight excluding hydrogens is 420 g/mol. The van der Waals surface area contributed by atoms with Gasteiger partial charge >= 0.3 is 0 Å². The largest absolute Gasteiger partial charge is 0.502 e. The smallest absolute Gasteiger partial charge is 0.156 e. The van der Waals surface area contributed by atoms with Gasteiger partial charge in [0.1, 0.15) is 0 Å². The van der Waals surface area contributed by atoms with Crippen molar-refractivity contribution in [2.45, 2.75) is 181 Å². The second-order valence-corrected chi connectivity index (χ2v) is 10.3. The SMILES string of the molecule is CCCCCCCCCCCCC[CH]CCC(O)=S.[CH]CCCCCCCCCCCCC. The highest BCUT2D eigenvalue weighted by Gasteiger charge is 1.95. The van der Waals surface area contributed by atoms with Gasteiger partial charge in [0.05, 0.1) is 0 Å². The Balaban J connectivity index is 0. The highest BCUT2D eigenvalue weighted by atomic mass is 32.1. The number of unbranched alkanes of at least 4 members (excludes halogenated alkanes) is 24. The highest BCUT2D eigenvalue weighted by molar-refractivity contribution is 7.80. The van der Waals surface area contributed by atoms with Crippen LogP contribution in [0.15, 0.2) is 0 Å². The first-order valence-corrected chi connectivity index (χ1v) is 15.3. The van der Waals surface area contributed by atoms with Crippen molar-refractivity contribution in [1.29, 1.82) is 0 Å². The van der Waals surface area contributed by atoms with Gasteiger partial charge in [-0.05, 0) is 38.4 Å². The van der Waals surface area contributed by atoms with Gasteiger partial charge in [-0.2, -0.15) is 0 Å². The van der Waals surface area contributed by atoms with Gasteiger partial charge in [-0.1, -0.05) is 162 Å². The van der Waals surface area contributed by atoms with E-state index in [0.29, 0.717) is 6.42 Å². The molecule has 3 radical (unpaired) electrons. The first-order valence-electron chi connectivity index (χ1n) is 14.9. The van der Waals surface area contributed by atoms with Crippen molar-refractivity contribution >= 4 is 17.3 Å². The minimum Gasteiger partial charge on any atom is -0.502 e. The van der Waals surface area contributed by atoms with Crippen molar-refractivity contribution in [1.82, 2.24) is 0 Å². The highest BCUT2D eigenvalue weighted by Crippen LogP contribution is 2.13. The van der Waals surface area contributed by atoms with Crippen LogP contribution in [0, 0.1) is 13.3 Å². The van der Waals surface area contributed by atoms with E-state index >= 15 is 0 Å². The number of rotatable bonds is 26. The molecule has 1 nitrogen and oxygen atoms in total. The van der Waals surface area contributed by atoms with Crippen molar-refractivity contribution in [2.24, 2.45) is 0 Å². The molecule has 0 aromatic carbocycles. The third-order valence-corrected chi connectivity index (χ3v) is 6.59. The summed E-state index contributed by atoms with van der Waals surface area (Å²) in [7, 11) is 0. The van der Waals surface area contributed by atoms with Gasteiger partial charge < -0.3 is 5.11 Å². The number of thiocarbonyl (C=S) groups is 1. The van der Waals surface area contributed by atoms with Gasteiger partial charge in [0, 0.05) is 6.42 Å². The third-order valence-electron chi connectivity index (χ3n) is 6.38. The quantitative estimate of drug-likeness (QED) is 0.0978. The van der Waals surface area contributed by atoms with Crippen LogP contribution >= 0.6 is 12.2 Å². The van der Waals surface area contributed by atoms with Gasteiger partial charge in [-0.25, -0.2) is 0 Å². The zero-order chi connectivity index (χ0) is 24.7. The summed E-state index contributed by atoms with van der Waals surface area (Å²) >= 11 is 4.62. The van der Waals surface area contributed by atoms with Gasteiger partial charge in [0.2, 0.25) is 0 Å². The Morgan fingerprint density at radius 1 is 0.545 bits per heavy atom. The predicted octanol–water partition coefficient (Wildman–Crippen LogP) is 12.0. The molecule has 0 aliphatic carbocycles. The molecule has 0 spiro atoms. The zero-order valence-corrected chi connectivity index (χ0v) is 23.7. The lowest BCUT2D eigenvalue weighted by Gasteiger charge is -2.02. The monoisotopic (exact) mass is 481 g/mol. The van der Waals surface area contributed by atoms with E-state index in [1.165, 1.54) is 148 Å². The van der Waals surface area contributed by atoms with Gasteiger partial charge in [0.25, 0.3) is 0 Å². The van der Waals surface area contributed by atoms with E-state index < -0.39 is 0 Å². The average Bonchev–Trinajstić information content (AvgIpc) is 2.81. The fourth-order valence-corrected chi connectivity index (χ4v) is 4.25. The van der Waals surface area contributed by atoms with Crippen molar-refractivity contribution in [3.05, 3.63) is 13.3 Å². The number of aliphatic hydroxyl groups excluding tert-OH is 1. The van der Waals surface area contributed by atoms with Crippen LogP contribution in [0.3, 0.4) is 0 Å². The maximum absolute atomic E-state index is 8.86. The maximum atomic E-state index is 8.86. The molecule has 0 rings (SSSR count). The van der Waals surface area contributed by atoms with Crippen LogP contribution in [0.1, 0.15) is 181 Å². The fraction of sp³-hybridized carbons (Fsp3) is 0.903. The Bertz CT molecular complexity index is 330. The molecule has 2 heteroatoms. The van der Waals surface area contributed by atoms with E-state index in [2.05, 4.69) is 32.5 Å². The summed E-state index contributed by atoms with van der Waals surface area (Å²) in [6.45, 7) is 9.99. The lowest BCUT2D eigenvalue weighted by atomic mass is 10.0. The molecule has 0 fully saturated rings. The minimum atomic E-state index is 0.148. The van der Waals surface area contributed by atoms with E-state index in [1.54, 1.807) is 0 Å². The normalized spacial score (nSPS) is 10.8.